The first-order chi connectivity index (χ1) is 17.8. The van der Waals surface area contributed by atoms with E-state index in [2.05, 4.69) is 81.3 Å². The second-order valence-corrected chi connectivity index (χ2v) is 8.17. The topological polar surface area (TPSA) is 116 Å². The molecule has 0 aliphatic carbocycles. The third-order valence-electron chi connectivity index (χ3n) is 6.18. The van der Waals surface area contributed by atoms with E-state index in [4.69, 9.17) is 0 Å². The zero-order chi connectivity index (χ0) is 23.9. The van der Waals surface area contributed by atoms with Crippen molar-refractivity contribution in [3.05, 3.63) is 92.6 Å². The maximum atomic E-state index is 4.34. The van der Waals surface area contributed by atoms with E-state index in [0.29, 0.717) is 17.5 Å². The van der Waals surface area contributed by atoms with Crippen LogP contribution in [0.25, 0.3) is 66.5 Å². The number of fused-ring (bicyclic) bond motifs is 6. The minimum absolute atomic E-state index is 0.626. The first-order valence-corrected chi connectivity index (χ1v) is 11.2. The standard InChI is InChI=1S/C27H15N9/c1-4-19-22(7-16(1)25-31-10-28-11-32-25)20-5-2-18(27-35-14-30-15-36-27)9-24(20)21-6-3-17(8-23(19)21)26-33-12-29-13-34-26/h1-15H. The van der Waals surface area contributed by atoms with Crippen LogP contribution in [0.1, 0.15) is 0 Å². The van der Waals surface area contributed by atoms with Crippen LogP contribution in [0.15, 0.2) is 92.6 Å². The van der Waals surface area contributed by atoms with E-state index in [1.54, 1.807) is 0 Å². The number of aromatic nitrogens is 9. The molecular weight excluding hydrogens is 450 g/mol. The third kappa shape index (κ3) is 3.30. The number of nitrogens with zero attached hydrogens (tertiary/aromatic N) is 9. The van der Waals surface area contributed by atoms with Crippen molar-refractivity contribution in [2.24, 2.45) is 0 Å². The molecule has 9 heteroatoms. The van der Waals surface area contributed by atoms with Crippen molar-refractivity contribution in [2.75, 3.05) is 0 Å². The van der Waals surface area contributed by atoms with Crippen LogP contribution in [-0.4, -0.2) is 44.9 Å². The van der Waals surface area contributed by atoms with Gasteiger partial charge in [-0.1, -0.05) is 36.4 Å². The van der Waals surface area contributed by atoms with E-state index in [9.17, 15) is 0 Å². The molecule has 36 heavy (non-hydrogen) atoms. The largest absolute Gasteiger partial charge is 0.225 e. The molecule has 0 saturated carbocycles. The van der Waals surface area contributed by atoms with Gasteiger partial charge in [-0.2, -0.15) is 0 Å². The van der Waals surface area contributed by atoms with Crippen molar-refractivity contribution in [3.63, 3.8) is 0 Å². The number of benzene rings is 4. The molecule has 0 aliphatic rings. The molecule has 0 aliphatic heterocycles. The van der Waals surface area contributed by atoms with Gasteiger partial charge >= 0.3 is 0 Å². The van der Waals surface area contributed by atoms with Crippen LogP contribution in [0.3, 0.4) is 0 Å². The van der Waals surface area contributed by atoms with E-state index in [1.165, 1.54) is 38.0 Å². The minimum Gasteiger partial charge on any atom is -0.225 e. The average molecular weight is 465 g/mol. The molecule has 7 rings (SSSR count). The molecule has 0 atom stereocenters. The Hall–Kier alpha value is -5.31. The van der Waals surface area contributed by atoms with Crippen molar-refractivity contribution in [2.45, 2.75) is 0 Å². The third-order valence-corrected chi connectivity index (χ3v) is 6.18. The van der Waals surface area contributed by atoms with Crippen molar-refractivity contribution in [1.29, 1.82) is 0 Å². The van der Waals surface area contributed by atoms with Gasteiger partial charge in [0.15, 0.2) is 17.5 Å². The smallest absolute Gasteiger partial charge is 0.162 e. The Kier molecular flexibility index (Phi) is 4.56. The van der Waals surface area contributed by atoms with Crippen LogP contribution in [0, 0.1) is 0 Å². The SMILES string of the molecule is c1ncnc(-c2ccc3c(c2)c2ccc(-c4ncncn4)cc2c2ccc(-c4ncncn4)cc32)n1. The first kappa shape index (κ1) is 20.1. The summed E-state index contributed by atoms with van der Waals surface area (Å²) in [4.78, 5) is 37.9. The van der Waals surface area contributed by atoms with E-state index >= 15 is 0 Å². The molecule has 4 aromatic carbocycles. The molecule has 0 amide bonds. The second kappa shape index (κ2) is 8.17. The van der Waals surface area contributed by atoms with Crippen molar-refractivity contribution >= 4 is 32.3 Å². The lowest BCUT2D eigenvalue weighted by molar-refractivity contribution is 1.06. The lowest BCUT2D eigenvalue weighted by Gasteiger charge is -2.13. The van der Waals surface area contributed by atoms with Gasteiger partial charge < -0.3 is 0 Å². The van der Waals surface area contributed by atoms with E-state index in [-0.39, 0.29) is 0 Å². The van der Waals surface area contributed by atoms with E-state index < -0.39 is 0 Å². The van der Waals surface area contributed by atoms with Gasteiger partial charge in [-0.15, -0.1) is 0 Å². The Balaban J connectivity index is 1.57. The Bertz CT molecular complexity index is 1630. The normalized spacial score (nSPS) is 11.3. The summed E-state index contributed by atoms with van der Waals surface area (Å²) in [5.74, 6) is 1.88. The summed E-state index contributed by atoms with van der Waals surface area (Å²) in [5, 5.41) is 6.60. The molecule has 3 aromatic heterocycles. The fraction of sp³-hybridized carbons (Fsp3) is 0. The summed E-state index contributed by atoms with van der Waals surface area (Å²) < 4.78 is 0. The second-order valence-electron chi connectivity index (χ2n) is 8.17. The highest BCUT2D eigenvalue weighted by atomic mass is 15.0. The molecule has 0 spiro atoms. The Labute approximate surface area is 204 Å². The number of hydrogen-bond donors (Lipinski definition) is 0. The number of hydrogen-bond acceptors (Lipinski definition) is 9. The van der Waals surface area contributed by atoms with Crippen LogP contribution in [0.2, 0.25) is 0 Å². The lowest BCUT2D eigenvalue weighted by Crippen LogP contribution is -1.93. The molecule has 9 nitrogen and oxygen atoms in total. The summed E-state index contributed by atoms with van der Waals surface area (Å²) >= 11 is 0. The molecule has 0 radical (unpaired) electrons. The van der Waals surface area contributed by atoms with Crippen molar-refractivity contribution in [1.82, 2.24) is 44.9 Å². The first-order valence-electron chi connectivity index (χ1n) is 11.2. The van der Waals surface area contributed by atoms with Crippen LogP contribution in [0.4, 0.5) is 0 Å². The van der Waals surface area contributed by atoms with Gasteiger partial charge in [0.25, 0.3) is 0 Å². The summed E-state index contributed by atoms with van der Waals surface area (Å²) in [6.07, 6.45) is 9.04. The molecule has 3 heterocycles. The molecule has 0 fully saturated rings. The van der Waals surface area contributed by atoms with E-state index in [1.807, 2.05) is 18.2 Å². The highest BCUT2D eigenvalue weighted by Crippen LogP contribution is 2.39. The van der Waals surface area contributed by atoms with Gasteiger partial charge in [0.1, 0.15) is 38.0 Å². The summed E-state index contributed by atoms with van der Waals surface area (Å²) in [6.45, 7) is 0. The Morgan fingerprint density at radius 3 is 0.861 bits per heavy atom. The summed E-state index contributed by atoms with van der Waals surface area (Å²) in [6, 6.07) is 18.9. The number of rotatable bonds is 3. The van der Waals surface area contributed by atoms with Crippen LogP contribution in [0.5, 0.6) is 0 Å². The molecule has 0 N–H and O–H groups in total. The summed E-state index contributed by atoms with van der Waals surface area (Å²) in [5.41, 5.74) is 2.75. The molecule has 0 unspecified atom stereocenters. The quantitative estimate of drug-likeness (QED) is 0.342. The monoisotopic (exact) mass is 465 g/mol. The Morgan fingerprint density at radius 1 is 0.306 bits per heavy atom. The average Bonchev–Trinajstić information content (AvgIpc) is 2.98. The molecule has 7 aromatic rings. The molecule has 168 valence electrons. The van der Waals surface area contributed by atoms with Gasteiger partial charge in [0.2, 0.25) is 0 Å². The predicted molar refractivity (Wildman–Crippen MR) is 135 cm³/mol. The van der Waals surface area contributed by atoms with Gasteiger partial charge in [0.05, 0.1) is 0 Å². The zero-order valence-electron chi connectivity index (χ0n) is 18.7. The van der Waals surface area contributed by atoms with Gasteiger partial charge in [-0.05, 0) is 50.5 Å². The van der Waals surface area contributed by atoms with E-state index in [0.717, 1.165) is 49.0 Å². The van der Waals surface area contributed by atoms with Crippen LogP contribution < -0.4 is 0 Å². The Morgan fingerprint density at radius 2 is 0.583 bits per heavy atom. The zero-order valence-corrected chi connectivity index (χ0v) is 18.7. The van der Waals surface area contributed by atoms with Crippen LogP contribution in [-0.2, 0) is 0 Å². The summed E-state index contributed by atoms with van der Waals surface area (Å²) in [7, 11) is 0. The molecule has 0 bridgehead atoms. The molecule has 0 saturated heterocycles. The highest BCUT2D eigenvalue weighted by molar-refractivity contribution is 6.26. The highest BCUT2D eigenvalue weighted by Gasteiger charge is 2.14. The fourth-order valence-corrected chi connectivity index (χ4v) is 4.59. The van der Waals surface area contributed by atoms with Crippen LogP contribution >= 0.6 is 0 Å². The van der Waals surface area contributed by atoms with Gasteiger partial charge in [-0.25, -0.2) is 44.9 Å². The maximum absolute atomic E-state index is 4.34. The van der Waals surface area contributed by atoms with Crippen molar-refractivity contribution in [3.8, 4) is 34.2 Å². The van der Waals surface area contributed by atoms with Gasteiger partial charge in [0, 0.05) is 16.7 Å². The lowest BCUT2D eigenvalue weighted by atomic mass is 9.91. The van der Waals surface area contributed by atoms with Gasteiger partial charge in [-0.3, -0.25) is 0 Å². The maximum Gasteiger partial charge on any atom is 0.162 e. The fourth-order valence-electron chi connectivity index (χ4n) is 4.59. The molecular formula is C27H15N9. The minimum atomic E-state index is 0.626. The predicted octanol–water partition coefficient (Wildman–Crippen LogP) is 4.70. The van der Waals surface area contributed by atoms with Crippen molar-refractivity contribution < 1.29 is 0 Å².